The van der Waals surface area contributed by atoms with Crippen LogP contribution in [0.3, 0.4) is 0 Å². The largest absolute Gasteiger partial charge is 0.340 e. The van der Waals surface area contributed by atoms with Crippen LogP contribution in [0.5, 0.6) is 0 Å². The lowest BCUT2D eigenvalue weighted by Gasteiger charge is -2.34. The first-order valence-corrected chi connectivity index (χ1v) is 6.43. The van der Waals surface area contributed by atoms with Crippen molar-refractivity contribution in [2.75, 3.05) is 32.7 Å². The van der Waals surface area contributed by atoms with Crippen LogP contribution in [0.4, 0.5) is 0 Å². The number of hydrogen-bond donors (Lipinski definition) is 1. The quantitative estimate of drug-likeness (QED) is 0.751. The van der Waals surface area contributed by atoms with E-state index in [0.717, 1.165) is 45.6 Å². The number of hydrogen-bond acceptors (Lipinski definition) is 3. The van der Waals surface area contributed by atoms with E-state index in [9.17, 15) is 4.79 Å². The second-order valence-electron chi connectivity index (χ2n) is 4.57. The zero-order chi connectivity index (χ0) is 12.0. The van der Waals surface area contributed by atoms with Crippen LogP contribution < -0.4 is 5.73 Å². The summed E-state index contributed by atoms with van der Waals surface area (Å²) in [6, 6.07) is 0.0432. The SMILES string of the molecule is CCCC(N)CC(=O)N1CCN(CC)CC1. The average molecular weight is 227 g/mol. The standard InChI is InChI=1S/C12H25N3O/c1-3-5-11(13)10-12(16)15-8-6-14(4-2)7-9-15/h11H,3-10,13H2,1-2H3. The molecule has 1 saturated heterocycles. The molecule has 4 heteroatoms. The second-order valence-corrected chi connectivity index (χ2v) is 4.57. The van der Waals surface area contributed by atoms with E-state index in [-0.39, 0.29) is 11.9 Å². The summed E-state index contributed by atoms with van der Waals surface area (Å²) in [4.78, 5) is 16.2. The average Bonchev–Trinajstić information content (AvgIpc) is 2.29. The molecular formula is C12H25N3O. The van der Waals surface area contributed by atoms with E-state index in [4.69, 9.17) is 5.73 Å². The van der Waals surface area contributed by atoms with Gasteiger partial charge in [0.05, 0.1) is 0 Å². The van der Waals surface area contributed by atoms with Crippen LogP contribution in [0.15, 0.2) is 0 Å². The normalized spacial score (nSPS) is 19.8. The molecule has 1 amide bonds. The summed E-state index contributed by atoms with van der Waals surface area (Å²) < 4.78 is 0. The molecule has 1 atom stereocenters. The Morgan fingerprint density at radius 3 is 2.38 bits per heavy atom. The number of rotatable bonds is 5. The third-order valence-electron chi connectivity index (χ3n) is 3.27. The molecule has 0 aliphatic carbocycles. The summed E-state index contributed by atoms with van der Waals surface area (Å²) >= 11 is 0. The molecule has 1 unspecified atom stereocenters. The van der Waals surface area contributed by atoms with Gasteiger partial charge in [0.1, 0.15) is 0 Å². The van der Waals surface area contributed by atoms with Gasteiger partial charge in [-0.15, -0.1) is 0 Å². The van der Waals surface area contributed by atoms with Crippen LogP contribution in [0, 0.1) is 0 Å². The van der Waals surface area contributed by atoms with Gasteiger partial charge in [0.15, 0.2) is 0 Å². The van der Waals surface area contributed by atoms with Crippen molar-refractivity contribution in [1.82, 2.24) is 9.80 Å². The van der Waals surface area contributed by atoms with E-state index in [0.29, 0.717) is 6.42 Å². The third kappa shape index (κ3) is 4.10. The van der Waals surface area contributed by atoms with Gasteiger partial charge in [-0.05, 0) is 13.0 Å². The van der Waals surface area contributed by atoms with Crippen molar-refractivity contribution in [3.8, 4) is 0 Å². The molecule has 1 aliphatic heterocycles. The van der Waals surface area contributed by atoms with Crippen LogP contribution in [0.2, 0.25) is 0 Å². The van der Waals surface area contributed by atoms with Crippen molar-refractivity contribution in [2.45, 2.75) is 39.2 Å². The highest BCUT2D eigenvalue weighted by Gasteiger charge is 2.21. The van der Waals surface area contributed by atoms with Crippen LogP contribution in [-0.4, -0.2) is 54.5 Å². The van der Waals surface area contributed by atoms with E-state index in [2.05, 4.69) is 18.7 Å². The number of nitrogens with two attached hydrogens (primary N) is 1. The molecule has 94 valence electrons. The number of nitrogens with zero attached hydrogens (tertiary/aromatic N) is 2. The van der Waals surface area contributed by atoms with Gasteiger partial charge in [-0.2, -0.15) is 0 Å². The predicted molar refractivity (Wildman–Crippen MR) is 66.2 cm³/mol. The first-order chi connectivity index (χ1) is 7.67. The van der Waals surface area contributed by atoms with Crippen LogP contribution in [0.1, 0.15) is 33.1 Å². The fraction of sp³-hybridized carbons (Fsp3) is 0.917. The Morgan fingerprint density at radius 2 is 1.88 bits per heavy atom. The zero-order valence-electron chi connectivity index (χ0n) is 10.6. The van der Waals surface area contributed by atoms with Gasteiger partial charge in [0.2, 0.25) is 5.91 Å². The van der Waals surface area contributed by atoms with Gasteiger partial charge in [-0.3, -0.25) is 4.79 Å². The summed E-state index contributed by atoms with van der Waals surface area (Å²) in [6.07, 6.45) is 2.51. The van der Waals surface area contributed by atoms with Gasteiger partial charge in [0, 0.05) is 38.6 Å². The topological polar surface area (TPSA) is 49.6 Å². The fourth-order valence-corrected chi connectivity index (χ4v) is 2.14. The van der Waals surface area contributed by atoms with Crippen molar-refractivity contribution in [3.63, 3.8) is 0 Å². The van der Waals surface area contributed by atoms with Crippen molar-refractivity contribution in [2.24, 2.45) is 5.73 Å². The number of amides is 1. The van der Waals surface area contributed by atoms with Crippen LogP contribution in [0.25, 0.3) is 0 Å². The lowest BCUT2D eigenvalue weighted by atomic mass is 10.1. The Hall–Kier alpha value is -0.610. The molecule has 0 saturated carbocycles. The van der Waals surface area contributed by atoms with E-state index in [1.54, 1.807) is 0 Å². The van der Waals surface area contributed by atoms with Crippen LogP contribution >= 0.6 is 0 Å². The molecule has 1 rings (SSSR count). The Morgan fingerprint density at radius 1 is 1.25 bits per heavy atom. The highest BCUT2D eigenvalue weighted by Crippen LogP contribution is 2.06. The number of piperazine rings is 1. The highest BCUT2D eigenvalue weighted by atomic mass is 16.2. The first kappa shape index (κ1) is 13.5. The molecule has 1 fully saturated rings. The van der Waals surface area contributed by atoms with Gasteiger partial charge < -0.3 is 15.5 Å². The summed E-state index contributed by atoms with van der Waals surface area (Å²) in [6.45, 7) is 9.09. The summed E-state index contributed by atoms with van der Waals surface area (Å²) in [5.41, 5.74) is 5.89. The van der Waals surface area contributed by atoms with Gasteiger partial charge >= 0.3 is 0 Å². The Labute approximate surface area is 98.8 Å². The van der Waals surface area contributed by atoms with Crippen LogP contribution in [-0.2, 0) is 4.79 Å². The molecule has 0 aromatic heterocycles. The molecule has 4 nitrogen and oxygen atoms in total. The summed E-state index contributed by atoms with van der Waals surface area (Å²) in [7, 11) is 0. The van der Waals surface area contributed by atoms with Gasteiger partial charge in [0.25, 0.3) is 0 Å². The van der Waals surface area contributed by atoms with Crippen molar-refractivity contribution >= 4 is 5.91 Å². The fourth-order valence-electron chi connectivity index (χ4n) is 2.14. The molecule has 1 aliphatic rings. The summed E-state index contributed by atoms with van der Waals surface area (Å²) in [5, 5.41) is 0. The predicted octanol–water partition coefficient (Wildman–Crippen LogP) is 0.668. The minimum atomic E-state index is 0.0432. The van der Waals surface area contributed by atoms with Gasteiger partial charge in [-0.25, -0.2) is 0 Å². The molecule has 0 bridgehead atoms. The minimum Gasteiger partial charge on any atom is -0.340 e. The lowest BCUT2D eigenvalue weighted by molar-refractivity contribution is -0.133. The van der Waals surface area contributed by atoms with E-state index in [1.165, 1.54) is 0 Å². The number of likely N-dealkylation sites (N-methyl/N-ethyl adjacent to an activating group) is 1. The molecule has 16 heavy (non-hydrogen) atoms. The molecule has 0 aromatic carbocycles. The molecule has 0 spiro atoms. The van der Waals surface area contributed by atoms with Gasteiger partial charge in [-0.1, -0.05) is 20.3 Å². The molecule has 0 aromatic rings. The molecule has 0 radical (unpaired) electrons. The molecule has 2 N–H and O–H groups in total. The maximum atomic E-state index is 11.9. The number of carbonyl (C=O) groups is 1. The highest BCUT2D eigenvalue weighted by molar-refractivity contribution is 5.76. The monoisotopic (exact) mass is 227 g/mol. The van der Waals surface area contributed by atoms with Crippen molar-refractivity contribution < 1.29 is 4.79 Å². The third-order valence-corrected chi connectivity index (χ3v) is 3.27. The smallest absolute Gasteiger partial charge is 0.224 e. The zero-order valence-corrected chi connectivity index (χ0v) is 10.6. The van der Waals surface area contributed by atoms with Crippen molar-refractivity contribution in [1.29, 1.82) is 0 Å². The Bertz CT molecular complexity index is 212. The molecular weight excluding hydrogens is 202 g/mol. The summed E-state index contributed by atoms with van der Waals surface area (Å²) in [5.74, 6) is 0.233. The van der Waals surface area contributed by atoms with Crippen molar-refractivity contribution in [3.05, 3.63) is 0 Å². The van der Waals surface area contributed by atoms with E-state index in [1.807, 2.05) is 4.90 Å². The minimum absolute atomic E-state index is 0.0432. The maximum absolute atomic E-state index is 11.9. The van der Waals surface area contributed by atoms with E-state index >= 15 is 0 Å². The first-order valence-electron chi connectivity index (χ1n) is 6.43. The van der Waals surface area contributed by atoms with E-state index < -0.39 is 0 Å². The lowest BCUT2D eigenvalue weighted by Crippen LogP contribution is -2.49. The Balaban J connectivity index is 2.27. The molecule has 1 heterocycles. The Kier molecular flexibility index (Phi) is 5.77. The number of carbonyl (C=O) groups excluding carboxylic acids is 1. The maximum Gasteiger partial charge on any atom is 0.224 e. The second kappa shape index (κ2) is 6.86.